The summed E-state index contributed by atoms with van der Waals surface area (Å²) in [7, 11) is -3.99. The van der Waals surface area contributed by atoms with Crippen molar-refractivity contribution in [2.24, 2.45) is 11.7 Å². The highest BCUT2D eigenvalue weighted by Gasteiger charge is 2.38. The predicted molar refractivity (Wildman–Crippen MR) is 180 cm³/mol. The molecule has 4 atom stereocenters. The van der Waals surface area contributed by atoms with Gasteiger partial charge >= 0.3 is 0 Å². The maximum atomic E-state index is 15.3. The van der Waals surface area contributed by atoms with E-state index in [0.29, 0.717) is 55.4 Å². The van der Waals surface area contributed by atoms with Crippen LogP contribution in [-0.2, 0) is 26.0 Å². The van der Waals surface area contributed by atoms with Crippen molar-refractivity contribution < 1.29 is 31.1 Å². The Hall–Kier alpha value is -3.00. The number of anilines is 1. The second-order valence-corrected chi connectivity index (χ2v) is 14.8. The summed E-state index contributed by atoms with van der Waals surface area (Å²) in [5.74, 6) is -1.11. The number of hydrogen-bond donors (Lipinski definition) is 3. The minimum atomic E-state index is -3.99. The third-order valence-electron chi connectivity index (χ3n) is 9.38. The van der Waals surface area contributed by atoms with Gasteiger partial charge in [-0.05, 0) is 86.9 Å². The molecule has 0 unspecified atom stereocenters. The molecular formula is C35H42ClF3N4O4S. The minimum Gasteiger partial charge on any atom is -0.381 e. The first kappa shape index (κ1) is 36.3. The molecule has 2 heterocycles. The number of nitrogens with two attached hydrogens (primary N) is 1. The normalized spacial score (nSPS) is 20.8. The zero-order chi connectivity index (χ0) is 34.4. The first-order valence-corrected chi connectivity index (χ1v) is 18.1. The van der Waals surface area contributed by atoms with E-state index in [9.17, 15) is 22.0 Å². The molecule has 0 radical (unpaired) electrons. The number of carbonyl (C=O) groups is 1. The fourth-order valence-electron chi connectivity index (χ4n) is 6.92. The summed E-state index contributed by atoms with van der Waals surface area (Å²) in [6.07, 6.45) is -0.145. The largest absolute Gasteiger partial charge is 0.381 e. The van der Waals surface area contributed by atoms with Gasteiger partial charge in [0.2, 0.25) is 15.9 Å². The maximum Gasteiger partial charge on any atom is 0.263 e. The number of hydrogen-bond acceptors (Lipinski definition) is 6. The molecule has 0 spiro atoms. The standard InChI is InChI=1S/C35H42ClF3N4O4S/c1-22-20-41-21-27(43(22)48(45,46)28-14-10-25(11-15-28)34(38)39)4-2-5-29-30(37)6-3-7-31(29)42-35(44)33(40)32(24-16-18-47-19-17-24)23-8-12-26(36)13-9-23/h3,6-15,22,24,27,32-34,41H,2,4-5,16-21,40H2,1H3,(H,42,44)/t22-,27+,32+,33+/m1/s1. The molecule has 2 aliphatic heterocycles. The average molecular weight is 707 g/mol. The van der Waals surface area contributed by atoms with Crippen LogP contribution in [-0.4, -0.2) is 63.1 Å². The molecule has 3 aromatic rings. The highest BCUT2D eigenvalue weighted by molar-refractivity contribution is 7.89. The molecule has 2 fully saturated rings. The highest BCUT2D eigenvalue weighted by Crippen LogP contribution is 2.36. The molecule has 0 saturated carbocycles. The Morgan fingerprint density at radius 3 is 2.38 bits per heavy atom. The number of nitrogens with one attached hydrogen (secondary N) is 2. The lowest BCUT2D eigenvalue weighted by molar-refractivity contribution is -0.118. The molecule has 0 aliphatic carbocycles. The van der Waals surface area contributed by atoms with Gasteiger partial charge in [-0.2, -0.15) is 4.31 Å². The van der Waals surface area contributed by atoms with Gasteiger partial charge in [-0.1, -0.05) is 41.9 Å². The van der Waals surface area contributed by atoms with E-state index in [0.717, 1.165) is 30.5 Å². The van der Waals surface area contributed by atoms with E-state index in [1.54, 1.807) is 25.1 Å². The van der Waals surface area contributed by atoms with Gasteiger partial charge in [0.15, 0.2) is 0 Å². The molecule has 2 saturated heterocycles. The summed E-state index contributed by atoms with van der Waals surface area (Å²) >= 11 is 6.13. The molecule has 48 heavy (non-hydrogen) atoms. The second kappa shape index (κ2) is 16.1. The zero-order valence-corrected chi connectivity index (χ0v) is 28.3. The van der Waals surface area contributed by atoms with Crippen molar-refractivity contribution in [3.05, 3.63) is 94.3 Å². The van der Waals surface area contributed by atoms with Crippen molar-refractivity contribution in [3.8, 4) is 0 Å². The van der Waals surface area contributed by atoms with E-state index in [1.807, 2.05) is 12.1 Å². The molecule has 4 N–H and O–H groups in total. The molecule has 13 heteroatoms. The van der Waals surface area contributed by atoms with Crippen molar-refractivity contribution in [1.29, 1.82) is 0 Å². The van der Waals surface area contributed by atoms with Crippen LogP contribution in [0.1, 0.15) is 61.6 Å². The number of alkyl halides is 2. The molecule has 1 amide bonds. The van der Waals surface area contributed by atoms with Crippen LogP contribution in [0.4, 0.5) is 18.9 Å². The molecule has 3 aromatic carbocycles. The van der Waals surface area contributed by atoms with Crippen LogP contribution in [0.5, 0.6) is 0 Å². The summed E-state index contributed by atoms with van der Waals surface area (Å²) in [6, 6.07) is 14.7. The quantitative estimate of drug-likeness (QED) is 0.205. The number of halogens is 4. The summed E-state index contributed by atoms with van der Waals surface area (Å²) in [5.41, 5.74) is 7.92. The number of sulfonamides is 1. The lowest BCUT2D eigenvalue weighted by atomic mass is 9.76. The minimum absolute atomic E-state index is 0.0567. The van der Waals surface area contributed by atoms with Crippen molar-refractivity contribution in [2.75, 3.05) is 31.6 Å². The van der Waals surface area contributed by atoms with Crippen molar-refractivity contribution in [2.45, 2.75) is 74.4 Å². The fourth-order valence-corrected chi connectivity index (χ4v) is 8.89. The van der Waals surface area contributed by atoms with E-state index in [-0.39, 0.29) is 28.7 Å². The fraction of sp³-hybridized carbons (Fsp3) is 0.457. The summed E-state index contributed by atoms with van der Waals surface area (Å²) in [5, 5.41) is 6.72. The number of benzene rings is 3. The summed E-state index contributed by atoms with van der Waals surface area (Å²) in [6.45, 7) is 3.76. The zero-order valence-electron chi connectivity index (χ0n) is 26.8. The molecular weight excluding hydrogens is 665 g/mol. The SMILES string of the molecule is C[C@@H]1CNC[C@H](CCCc2c(F)cccc2NC(=O)[C@@H](N)[C@@H](c2ccc(Cl)cc2)C2CCOCC2)N1S(=O)(=O)c1ccc(C(F)F)cc1. The Kier molecular flexibility index (Phi) is 12.2. The summed E-state index contributed by atoms with van der Waals surface area (Å²) in [4.78, 5) is 13.6. The van der Waals surface area contributed by atoms with Gasteiger partial charge in [0.05, 0.1) is 10.9 Å². The monoisotopic (exact) mass is 706 g/mol. The van der Waals surface area contributed by atoms with Gasteiger partial charge in [-0.25, -0.2) is 21.6 Å². The third-order valence-corrected chi connectivity index (χ3v) is 11.7. The van der Waals surface area contributed by atoms with E-state index >= 15 is 4.39 Å². The van der Waals surface area contributed by atoms with Crippen LogP contribution < -0.4 is 16.4 Å². The van der Waals surface area contributed by atoms with Crippen LogP contribution in [0.25, 0.3) is 0 Å². The van der Waals surface area contributed by atoms with Crippen LogP contribution in [0.2, 0.25) is 5.02 Å². The second-order valence-electron chi connectivity index (χ2n) is 12.6. The number of amides is 1. The van der Waals surface area contributed by atoms with Crippen LogP contribution in [0, 0.1) is 11.7 Å². The van der Waals surface area contributed by atoms with Crippen LogP contribution in [0.15, 0.2) is 71.6 Å². The van der Waals surface area contributed by atoms with Crippen molar-refractivity contribution in [1.82, 2.24) is 9.62 Å². The molecule has 2 aliphatic rings. The van der Waals surface area contributed by atoms with Gasteiger partial charge in [0, 0.05) is 66.1 Å². The van der Waals surface area contributed by atoms with Gasteiger partial charge in [0.25, 0.3) is 6.43 Å². The van der Waals surface area contributed by atoms with Crippen LogP contribution in [0.3, 0.4) is 0 Å². The Bertz CT molecular complexity index is 1640. The smallest absolute Gasteiger partial charge is 0.263 e. The Balaban J connectivity index is 1.29. The third kappa shape index (κ3) is 8.40. The van der Waals surface area contributed by atoms with E-state index in [2.05, 4.69) is 10.6 Å². The molecule has 0 aromatic heterocycles. The number of rotatable bonds is 12. The topological polar surface area (TPSA) is 114 Å². The van der Waals surface area contributed by atoms with Crippen LogP contribution >= 0.6 is 11.6 Å². The lowest BCUT2D eigenvalue weighted by Crippen LogP contribution is -2.58. The Morgan fingerprint density at radius 1 is 1.04 bits per heavy atom. The lowest BCUT2D eigenvalue weighted by Gasteiger charge is -2.40. The first-order valence-electron chi connectivity index (χ1n) is 16.3. The number of piperazine rings is 1. The van der Waals surface area contributed by atoms with E-state index in [4.69, 9.17) is 22.1 Å². The van der Waals surface area contributed by atoms with Crippen molar-refractivity contribution in [3.63, 3.8) is 0 Å². The van der Waals surface area contributed by atoms with Gasteiger partial charge in [-0.15, -0.1) is 0 Å². The van der Waals surface area contributed by atoms with Gasteiger partial charge in [-0.3, -0.25) is 4.79 Å². The maximum absolute atomic E-state index is 15.3. The van der Waals surface area contributed by atoms with Gasteiger partial charge in [0.1, 0.15) is 5.82 Å². The first-order chi connectivity index (χ1) is 23.0. The number of carbonyl (C=O) groups excluding carboxylic acids is 1. The van der Waals surface area contributed by atoms with Gasteiger partial charge < -0.3 is 21.1 Å². The number of nitrogens with zero attached hydrogens (tertiary/aromatic N) is 1. The molecule has 0 bridgehead atoms. The molecule has 260 valence electrons. The predicted octanol–water partition coefficient (Wildman–Crippen LogP) is 6.27. The van der Waals surface area contributed by atoms with E-state index in [1.165, 1.54) is 28.6 Å². The summed E-state index contributed by atoms with van der Waals surface area (Å²) < 4.78 is 75.8. The highest BCUT2D eigenvalue weighted by atomic mass is 35.5. The molecule has 5 rings (SSSR count). The molecule has 8 nitrogen and oxygen atoms in total. The van der Waals surface area contributed by atoms with E-state index < -0.39 is 46.3 Å². The van der Waals surface area contributed by atoms with Crippen molar-refractivity contribution >= 4 is 33.2 Å². The Labute approximate surface area is 285 Å². The Morgan fingerprint density at radius 2 is 1.71 bits per heavy atom. The number of ether oxygens (including phenoxy) is 1. The average Bonchev–Trinajstić information content (AvgIpc) is 3.07.